The van der Waals surface area contributed by atoms with Crippen LogP contribution in [0.5, 0.6) is 0 Å². The summed E-state index contributed by atoms with van der Waals surface area (Å²) in [5.41, 5.74) is 0.0124. The van der Waals surface area contributed by atoms with Crippen molar-refractivity contribution in [2.45, 2.75) is 25.5 Å². The number of halogens is 1. The quantitative estimate of drug-likeness (QED) is 0.569. The maximum atomic E-state index is 14.4. The van der Waals surface area contributed by atoms with Crippen LogP contribution in [-0.4, -0.2) is 57.8 Å². The topological polar surface area (TPSA) is 102 Å². The summed E-state index contributed by atoms with van der Waals surface area (Å²) in [6.07, 6.45) is 1.80. The summed E-state index contributed by atoms with van der Waals surface area (Å²) < 4.78 is 19.9. The van der Waals surface area contributed by atoms with Crippen molar-refractivity contribution in [1.82, 2.24) is 25.5 Å². The Hall–Kier alpha value is -3.18. The molecule has 9 nitrogen and oxygen atoms in total. The maximum Gasteiger partial charge on any atom is 0.251 e. The highest BCUT2D eigenvalue weighted by molar-refractivity contribution is 7.13. The first-order valence-electron chi connectivity index (χ1n) is 9.85. The van der Waals surface area contributed by atoms with Gasteiger partial charge in [-0.05, 0) is 41.6 Å². The lowest BCUT2D eigenvalue weighted by Crippen LogP contribution is -2.44. The van der Waals surface area contributed by atoms with Gasteiger partial charge in [0.05, 0.1) is 16.7 Å². The molecule has 1 saturated heterocycles. The fourth-order valence-corrected chi connectivity index (χ4v) is 3.88. The molecule has 1 unspecified atom stereocenters. The zero-order valence-corrected chi connectivity index (χ0v) is 17.4. The van der Waals surface area contributed by atoms with E-state index in [-0.39, 0.29) is 24.9 Å². The van der Waals surface area contributed by atoms with Crippen LogP contribution < -0.4 is 10.2 Å². The summed E-state index contributed by atoms with van der Waals surface area (Å²) in [6, 6.07) is 9.52. The van der Waals surface area contributed by atoms with E-state index in [4.69, 9.17) is 4.74 Å². The number of carbonyl (C=O) groups is 2. The predicted molar refractivity (Wildman–Crippen MR) is 112 cm³/mol. The molecule has 1 N–H and O–H groups in total. The van der Waals surface area contributed by atoms with Crippen LogP contribution in [0.2, 0.25) is 0 Å². The molecule has 2 aromatic heterocycles. The van der Waals surface area contributed by atoms with E-state index in [9.17, 15) is 14.0 Å². The van der Waals surface area contributed by atoms with Crippen molar-refractivity contribution in [1.29, 1.82) is 0 Å². The number of tetrazole rings is 1. The Labute approximate surface area is 181 Å². The molecule has 162 valence electrons. The summed E-state index contributed by atoms with van der Waals surface area (Å²) in [5.74, 6) is -1.14. The van der Waals surface area contributed by atoms with Crippen molar-refractivity contribution in [3.8, 4) is 10.7 Å². The average molecular weight is 444 g/mol. The van der Waals surface area contributed by atoms with E-state index in [0.717, 1.165) is 27.4 Å². The van der Waals surface area contributed by atoms with Crippen LogP contribution in [-0.2, 0) is 20.9 Å². The number of ether oxygens (including phenoxy) is 1. The number of thiophene rings is 1. The molecule has 0 aliphatic carbocycles. The highest BCUT2D eigenvalue weighted by atomic mass is 32.1. The van der Waals surface area contributed by atoms with Gasteiger partial charge in [-0.3, -0.25) is 14.5 Å². The second-order valence-corrected chi connectivity index (χ2v) is 7.94. The van der Waals surface area contributed by atoms with Crippen LogP contribution >= 0.6 is 11.3 Å². The minimum atomic E-state index is -0.603. The molecule has 0 radical (unpaired) electrons. The molecule has 31 heavy (non-hydrogen) atoms. The number of hydrogen-bond donors (Lipinski definition) is 1. The van der Waals surface area contributed by atoms with Crippen LogP contribution in [0.25, 0.3) is 10.7 Å². The van der Waals surface area contributed by atoms with Gasteiger partial charge < -0.3 is 10.1 Å². The Morgan fingerprint density at radius 1 is 1.29 bits per heavy atom. The first-order valence-corrected chi connectivity index (χ1v) is 10.7. The standard InChI is InChI=1S/C20H21FN6O3S/c21-15-6-1-2-7-16(15)26(12-18(28)22-11-14-5-3-9-30-14)19(29)13-27-24-20(23-25-27)17-8-4-10-31-17/h1-2,4,6-8,10,14H,3,5,9,11-13H2,(H,22,28). The molecule has 1 atom stereocenters. The molecule has 3 heterocycles. The molecule has 3 aromatic rings. The van der Waals surface area contributed by atoms with Crippen molar-refractivity contribution in [3.05, 3.63) is 47.6 Å². The van der Waals surface area contributed by atoms with Gasteiger partial charge in [-0.2, -0.15) is 4.80 Å². The number of carbonyl (C=O) groups excluding carboxylic acids is 2. The Balaban J connectivity index is 1.46. The summed E-state index contributed by atoms with van der Waals surface area (Å²) in [6.45, 7) is 0.413. The second kappa shape index (κ2) is 9.75. The lowest BCUT2D eigenvalue weighted by atomic mass is 10.2. The zero-order valence-electron chi connectivity index (χ0n) is 16.6. The smallest absolute Gasteiger partial charge is 0.251 e. The van der Waals surface area contributed by atoms with Crippen LogP contribution in [0.15, 0.2) is 41.8 Å². The Kier molecular flexibility index (Phi) is 6.63. The number of hydrogen-bond acceptors (Lipinski definition) is 7. The second-order valence-electron chi connectivity index (χ2n) is 6.99. The van der Waals surface area contributed by atoms with E-state index in [0.29, 0.717) is 19.0 Å². The number of benzene rings is 1. The number of nitrogens with zero attached hydrogens (tertiary/aromatic N) is 5. The van der Waals surface area contributed by atoms with Crippen molar-refractivity contribution >= 4 is 28.8 Å². The molecule has 0 saturated carbocycles. The van der Waals surface area contributed by atoms with Crippen LogP contribution in [0.3, 0.4) is 0 Å². The third kappa shape index (κ3) is 5.30. The van der Waals surface area contributed by atoms with Crippen molar-refractivity contribution < 1.29 is 18.7 Å². The van der Waals surface area contributed by atoms with Crippen molar-refractivity contribution in [3.63, 3.8) is 0 Å². The molecular weight excluding hydrogens is 423 g/mol. The van der Waals surface area contributed by atoms with Gasteiger partial charge in [-0.15, -0.1) is 21.5 Å². The van der Waals surface area contributed by atoms with Crippen molar-refractivity contribution in [2.75, 3.05) is 24.6 Å². The minimum absolute atomic E-state index is 0.0124. The lowest BCUT2D eigenvalue weighted by molar-refractivity contribution is -0.124. The molecular formula is C20H21FN6O3S. The van der Waals surface area contributed by atoms with E-state index in [1.54, 1.807) is 6.07 Å². The number of para-hydroxylation sites is 1. The zero-order chi connectivity index (χ0) is 21.6. The fourth-order valence-electron chi connectivity index (χ4n) is 3.23. The summed E-state index contributed by atoms with van der Waals surface area (Å²) in [5, 5.41) is 16.7. The van der Waals surface area contributed by atoms with Gasteiger partial charge in [0.2, 0.25) is 11.7 Å². The number of aromatic nitrogens is 4. The molecule has 1 fully saturated rings. The van der Waals surface area contributed by atoms with Gasteiger partial charge in [0.15, 0.2) is 0 Å². The Morgan fingerprint density at radius 2 is 2.16 bits per heavy atom. The molecule has 1 aliphatic rings. The minimum Gasteiger partial charge on any atom is -0.376 e. The fraction of sp³-hybridized carbons (Fsp3) is 0.350. The molecule has 11 heteroatoms. The number of rotatable bonds is 8. The Bertz CT molecular complexity index is 1040. The third-order valence-corrected chi connectivity index (χ3v) is 5.63. The summed E-state index contributed by atoms with van der Waals surface area (Å²) in [4.78, 5) is 28.5. The molecule has 2 amide bonds. The number of anilines is 1. The van der Waals surface area contributed by atoms with Crippen LogP contribution in [0, 0.1) is 5.82 Å². The highest BCUT2D eigenvalue weighted by Crippen LogP contribution is 2.21. The van der Waals surface area contributed by atoms with Crippen molar-refractivity contribution in [2.24, 2.45) is 0 Å². The van der Waals surface area contributed by atoms with E-state index in [2.05, 4.69) is 20.7 Å². The molecule has 4 rings (SSSR count). The SMILES string of the molecule is O=C(CN(C(=O)Cn1nnc(-c2cccs2)n1)c1ccccc1F)NCC1CCCO1. The first-order chi connectivity index (χ1) is 15.1. The first kappa shape index (κ1) is 21.1. The van der Waals surface area contributed by atoms with Gasteiger partial charge in [0.1, 0.15) is 18.9 Å². The highest BCUT2D eigenvalue weighted by Gasteiger charge is 2.24. The van der Waals surface area contributed by atoms with E-state index < -0.39 is 17.6 Å². The monoisotopic (exact) mass is 444 g/mol. The van der Waals surface area contributed by atoms with E-state index in [1.807, 2.05) is 17.5 Å². The third-order valence-electron chi connectivity index (χ3n) is 4.77. The number of amides is 2. The predicted octanol–water partition coefficient (Wildman–Crippen LogP) is 1.87. The van der Waals surface area contributed by atoms with Gasteiger partial charge in [-0.1, -0.05) is 18.2 Å². The summed E-state index contributed by atoms with van der Waals surface area (Å²) in [7, 11) is 0. The van der Waals surface area contributed by atoms with Gasteiger partial charge in [0, 0.05) is 13.2 Å². The molecule has 0 bridgehead atoms. The Morgan fingerprint density at radius 3 is 2.90 bits per heavy atom. The summed E-state index contributed by atoms with van der Waals surface area (Å²) >= 11 is 1.45. The van der Waals surface area contributed by atoms with E-state index >= 15 is 0 Å². The number of nitrogens with one attached hydrogen (secondary N) is 1. The van der Waals surface area contributed by atoms with E-state index in [1.165, 1.54) is 29.5 Å². The molecule has 0 spiro atoms. The van der Waals surface area contributed by atoms with Gasteiger partial charge in [0.25, 0.3) is 5.91 Å². The van der Waals surface area contributed by atoms with Gasteiger partial charge in [-0.25, -0.2) is 4.39 Å². The maximum absolute atomic E-state index is 14.4. The van der Waals surface area contributed by atoms with Crippen LogP contribution in [0.1, 0.15) is 12.8 Å². The van der Waals surface area contributed by atoms with Crippen LogP contribution in [0.4, 0.5) is 10.1 Å². The average Bonchev–Trinajstić information content (AvgIpc) is 3.53. The normalized spacial score (nSPS) is 15.7. The molecule has 1 aromatic carbocycles. The largest absolute Gasteiger partial charge is 0.376 e. The molecule has 1 aliphatic heterocycles. The van der Waals surface area contributed by atoms with Gasteiger partial charge >= 0.3 is 0 Å². The lowest BCUT2D eigenvalue weighted by Gasteiger charge is -2.23.